The third-order valence-corrected chi connectivity index (χ3v) is 4.59. The van der Waals surface area contributed by atoms with E-state index in [0.29, 0.717) is 17.9 Å². The number of nitrogens with one attached hydrogen (secondary N) is 2. The van der Waals surface area contributed by atoms with Gasteiger partial charge in [0.1, 0.15) is 10.6 Å². The van der Waals surface area contributed by atoms with Crippen LogP contribution in [-0.2, 0) is 0 Å². The maximum absolute atomic E-state index is 4.63. The van der Waals surface area contributed by atoms with E-state index in [2.05, 4.69) is 59.7 Å². The molecule has 2 rings (SSSR count). The molecule has 0 aromatic carbocycles. The molecular formula is C15H24N4S. The van der Waals surface area contributed by atoms with E-state index in [9.17, 15) is 0 Å². The molecule has 2 aromatic rings. The third-order valence-electron chi connectivity index (χ3n) is 3.78. The molecule has 20 heavy (non-hydrogen) atoms. The number of thiophene rings is 1. The van der Waals surface area contributed by atoms with Crippen LogP contribution in [0.2, 0.25) is 0 Å². The zero-order valence-electron chi connectivity index (χ0n) is 12.7. The van der Waals surface area contributed by atoms with Crippen molar-refractivity contribution in [2.45, 2.75) is 46.6 Å². The van der Waals surface area contributed by atoms with Crippen molar-refractivity contribution in [3.05, 3.63) is 11.4 Å². The lowest BCUT2D eigenvalue weighted by Gasteiger charge is -2.23. The second-order valence-electron chi connectivity index (χ2n) is 5.08. The van der Waals surface area contributed by atoms with Crippen LogP contribution < -0.4 is 10.6 Å². The normalized spacial score (nSPS) is 12.8. The highest BCUT2D eigenvalue weighted by atomic mass is 32.1. The molecule has 2 aromatic heterocycles. The highest BCUT2D eigenvalue weighted by molar-refractivity contribution is 7.16. The Balaban J connectivity index is 2.29. The molecule has 0 fully saturated rings. The standard InChI is InChI=1S/C15H24N4S/c1-5-11(6-2)10(4)17-13-12-8-9-20-14(12)19-15(18-13)16-7-3/h8-11H,5-7H2,1-4H3,(H2,16,17,18,19). The van der Waals surface area contributed by atoms with Gasteiger partial charge in [-0.1, -0.05) is 26.7 Å². The van der Waals surface area contributed by atoms with Gasteiger partial charge in [-0.05, 0) is 31.2 Å². The summed E-state index contributed by atoms with van der Waals surface area (Å²) in [5.41, 5.74) is 0. The van der Waals surface area contributed by atoms with E-state index < -0.39 is 0 Å². The molecule has 0 aliphatic carbocycles. The Morgan fingerprint density at radius 1 is 1.20 bits per heavy atom. The highest BCUT2D eigenvalue weighted by Gasteiger charge is 2.16. The fraction of sp³-hybridized carbons (Fsp3) is 0.600. The summed E-state index contributed by atoms with van der Waals surface area (Å²) in [5, 5.41) is 9.98. The van der Waals surface area contributed by atoms with Gasteiger partial charge in [0.05, 0.1) is 5.39 Å². The molecule has 1 atom stereocenters. The molecule has 0 bridgehead atoms. The van der Waals surface area contributed by atoms with Crippen molar-refractivity contribution in [1.82, 2.24) is 9.97 Å². The predicted molar refractivity (Wildman–Crippen MR) is 88.7 cm³/mol. The Morgan fingerprint density at radius 2 is 1.95 bits per heavy atom. The van der Waals surface area contributed by atoms with Gasteiger partial charge in [0.2, 0.25) is 5.95 Å². The van der Waals surface area contributed by atoms with Gasteiger partial charge in [0.15, 0.2) is 0 Å². The molecule has 0 saturated heterocycles. The van der Waals surface area contributed by atoms with E-state index in [1.54, 1.807) is 11.3 Å². The van der Waals surface area contributed by atoms with Gasteiger partial charge in [-0.15, -0.1) is 11.3 Å². The van der Waals surface area contributed by atoms with Crippen LogP contribution in [0.1, 0.15) is 40.5 Å². The molecule has 2 N–H and O–H groups in total. The van der Waals surface area contributed by atoms with Gasteiger partial charge in [-0.2, -0.15) is 4.98 Å². The Hall–Kier alpha value is -1.36. The van der Waals surface area contributed by atoms with Crippen LogP contribution in [-0.4, -0.2) is 22.6 Å². The van der Waals surface area contributed by atoms with Gasteiger partial charge in [-0.25, -0.2) is 4.98 Å². The van der Waals surface area contributed by atoms with Crippen molar-refractivity contribution >= 4 is 33.3 Å². The molecule has 2 heterocycles. The Bertz CT molecular complexity index is 548. The first-order valence-electron chi connectivity index (χ1n) is 7.45. The van der Waals surface area contributed by atoms with Crippen molar-refractivity contribution in [3.63, 3.8) is 0 Å². The molecular weight excluding hydrogens is 268 g/mol. The summed E-state index contributed by atoms with van der Waals surface area (Å²) in [6.07, 6.45) is 2.37. The van der Waals surface area contributed by atoms with Gasteiger partial charge >= 0.3 is 0 Å². The molecule has 5 heteroatoms. The molecule has 1 unspecified atom stereocenters. The first kappa shape index (κ1) is 15.0. The second-order valence-corrected chi connectivity index (χ2v) is 5.97. The average molecular weight is 292 g/mol. The summed E-state index contributed by atoms with van der Waals surface area (Å²) in [6, 6.07) is 2.51. The molecule has 110 valence electrons. The third kappa shape index (κ3) is 3.20. The lowest BCUT2D eigenvalue weighted by Crippen LogP contribution is -2.25. The number of aromatic nitrogens is 2. The number of anilines is 2. The molecule has 0 amide bonds. The first-order valence-corrected chi connectivity index (χ1v) is 8.33. The van der Waals surface area contributed by atoms with E-state index in [1.807, 2.05) is 0 Å². The lowest BCUT2D eigenvalue weighted by atomic mass is 9.95. The fourth-order valence-electron chi connectivity index (χ4n) is 2.53. The summed E-state index contributed by atoms with van der Waals surface area (Å²) in [4.78, 5) is 10.2. The second kappa shape index (κ2) is 6.88. The summed E-state index contributed by atoms with van der Waals surface area (Å²) >= 11 is 1.66. The minimum Gasteiger partial charge on any atom is -0.367 e. The Morgan fingerprint density at radius 3 is 2.60 bits per heavy atom. The molecule has 0 radical (unpaired) electrons. The summed E-state index contributed by atoms with van der Waals surface area (Å²) in [5.74, 6) is 2.33. The zero-order valence-corrected chi connectivity index (χ0v) is 13.5. The number of hydrogen-bond acceptors (Lipinski definition) is 5. The minimum absolute atomic E-state index is 0.414. The Labute approximate surface area is 125 Å². The molecule has 0 aliphatic heterocycles. The summed E-state index contributed by atoms with van der Waals surface area (Å²) in [7, 11) is 0. The maximum Gasteiger partial charge on any atom is 0.226 e. The number of hydrogen-bond donors (Lipinski definition) is 2. The smallest absolute Gasteiger partial charge is 0.226 e. The van der Waals surface area contributed by atoms with Crippen molar-refractivity contribution in [1.29, 1.82) is 0 Å². The van der Waals surface area contributed by atoms with Gasteiger partial charge in [0.25, 0.3) is 0 Å². The monoisotopic (exact) mass is 292 g/mol. The molecule has 0 saturated carbocycles. The van der Waals surface area contributed by atoms with Crippen LogP contribution in [0.5, 0.6) is 0 Å². The number of fused-ring (bicyclic) bond motifs is 1. The first-order chi connectivity index (χ1) is 9.69. The van der Waals surface area contributed by atoms with Crippen molar-refractivity contribution in [3.8, 4) is 0 Å². The van der Waals surface area contributed by atoms with Crippen LogP contribution in [0, 0.1) is 5.92 Å². The number of nitrogens with zero attached hydrogens (tertiary/aromatic N) is 2. The van der Waals surface area contributed by atoms with E-state index in [0.717, 1.165) is 22.6 Å². The van der Waals surface area contributed by atoms with Crippen LogP contribution in [0.15, 0.2) is 11.4 Å². The topological polar surface area (TPSA) is 49.8 Å². The van der Waals surface area contributed by atoms with E-state index in [-0.39, 0.29) is 0 Å². The lowest BCUT2D eigenvalue weighted by molar-refractivity contribution is 0.437. The molecule has 0 spiro atoms. The predicted octanol–water partition coefficient (Wildman–Crippen LogP) is 4.36. The molecule has 0 aliphatic rings. The van der Waals surface area contributed by atoms with Gasteiger partial charge < -0.3 is 10.6 Å². The Kier molecular flexibility index (Phi) is 5.17. The minimum atomic E-state index is 0.414. The quantitative estimate of drug-likeness (QED) is 0.796. The molecule has 4 nitrogen and oxygen atoms in total. The van der Waals surface area contributed by atoms with Crippen molar-refractivity contribution in [2.24, 2.45) is 5.92 Å². The average Bonchev–Trinajstić information content (AvgIpc) is 2.89. The van der Waals surface area contributed by atoms with Crippen LogP contribution >= 0.6 is 11.3 Å². The van der Waals surface area contributed by atoms with E-state index in [4.69, 9.17) is 0 Å². The SMILES string of the molecule is CCNc1nc(NC(C)C(CC)CC)c2ccsc2n1. The van der Waals surface area contributed by atoms with E-state index in [1.165, 1.54) is 12.8 Å². The van der Waals surface area contributed by atoms with Gasteiger partial charge in [-0.3, -0.25) is 0 Å². The van der Waals surface area contributed by atoms with Crippen LogP contribution in [0.4, 0.5) is 11.8 Å². The van der Waals surface area contributed by atoms with Crippen LogP contribution in [0.25, 0.3) is 10.2 Å². The fourth-order valence-corrected chi connectivity index (χ4v) is 3.30. The maximum atomic E-state index is 4.63. The zero-order chi connectivity index (χ0) is 14.5. The van der Waals surface area contributed by atoms with E-state index >= 15 is 0 Å². The summed E-state index contributed by atoms with van der Waals surface area (Å²) in [6.45, 7) is 9.62. The van der Waals surface area contributed by atoms with Crippen LogP contribution in [0.3, 0.4) is 0 Å². The summed E-state index contributed by atoms with van der Waals surface area (Å²) < 4.78 is 0. The highest BCUT2D eigenvalue weighted by Crippen LogP contribution is 2.28. The van der Waals surface area contributed by atoms with Crippen molar-refractivity contribution in [2.75, 3.05) is 17.2 Å². The largest absolute Gasteiger partial charge is 0.367 e. The van der Waals surface area contributed by atoms with Crippen molar-refractivity contribution < 1.29 is 0 Å². The number of rotatable bonds is 7. The van der Waals surface area contributed by atoms with Gasteiger partial charge in [0, 0.05) is 12.6 Å².